The minimum atomic E-state index is -4.56. The number of alkyl halides is 6. The minimum Gasteiger partial charge on any atom is -0.321 e. The summed E-state index contributed by atoms with van der Waals surface area (Å²) in [6, 6.07) is 8.64. The number of nitrogens with one attached hydrogen (secondary N) is 1. The third-order valence-electron chi connectivity index (χ3n) is 3.89. The van der Waals surface area contributed by atoms with Crippen molar-refractivity contribution < 1.29 is 31.1 Å². The molecule has 1 amide bonds. The number of aryl methyl sites for hydroxylation is 1. The summed E-state index contributed by atoms with van der Waals surface area (Å²) in [6.45, 7) is 1.49. The number of carbonyl (C=O) groups excluding carboxylic acids is 1. The van der Waals surface area contributed by atoms with E-state index in [2.05, 4.69) is 10.3 Å². The highest BCUT2D eigenvalue weighted by Gasteiger charge is 2.31. The summed E-state index contributed by atoms with van der Waals surface area (Å²) in [5.41, 5.74) is -1.38. The van der Waals surface area contributed by atoms with Crippen LogP contribution in [0.4, 0.5) is 32.0 Å². The first-order valence-electron chi connectivity index (χ1n) is 8.09. The smallest absolute Gasteiger partial charge is 0.321 e. The van der Waals surface area contributed by atoms with Gasteiger partial charge in [-0.1, -0.05) is 18.2 Å². The molecule has 2 aromatic carbocycles. The molecule has 1 heterocycles. The largest absolute Gasteiger partial charge is 0.416 e. The van der Waals surface area contributed by atoms with Crippen molar-refractivity contribution in [2.75, 3.05) is 5.32 Å². The first kappa shape index (κ1) is 20.8. The third kappa shape index (κ3) is 4.76. The van der Waals surface area contributed by atoms with Crippen molar-refractivity contribution in [2.24, 2.45) is 0 Å². The zero-order valence-electron chi connectivity index (χ0n) is 14.7. The van der Waals surface area contributed by atoms with Crippen LogP contribution in [0.25, 0.3) is 10.6 Å². The maximum absolute atomic E-state index is 12.9. The summed E-state index contributed by atoms with van der Waals surface area (Å²) < 4.78 is 77.1. The van der Waals surface area contributed by atoms with Crippen LogP contribution in [0.1, 0.15) is 26.5 Å². The molecule has 10 heteroatoms. The van der Waals surface area contributed by atoms with Gasteiger partial charge in [-0.15, -0.1) is 11.3 Å². The van der Waals surface area contributed by atoms with E-state index in [-0.39, 0.29) is 26.8 Å². The number of amides is 1. The van der Waals surface area contributed by atoms with E-state index < -0.39 is 29.4 Å². The van der Waals surface area contributed by atoms with E-state index in [1.165, 1.54) is 25.1 Å². The first-order valence-corrected chi connectivity index (χ1v) is 8.90. The molecule has 0 aliphatic carbocycles. The molecular formula is C19H12F6N2OS. The Morgan fingerprint density at radius 2 is 1.52 bits per heavy atom. The van der Waals surface area contributed by atoms with Crippen LogP contribution in [0, 0.1) is 6.92 Å². The molecule has 3 rings (SSSR count). The highest BCUT2D eigenvalue weighted by Crippen LogP contribution is 2.35. The Hall–Kier alpha value is -2.88. The standard InChI is InChI=1S/C19H12F6N2OS/c1-10-15(16(28)27-14-7-3-6-13(9-14)19(23,24)25)29-17(26-10)11-4-2-5-12(8-11)18(20,21)22/h2-9H,1H3,(H,27,28). The fourth-order valence-electron chi connectivity index (χ4n) is 2.52. The van der Waals surface area contributed by atoms with Gasteiger partial charge in [0.05, 0.1) is 16.8 Å². The van der Waals surface area contributed by atoms with Crippen molar-refractivity contribution in [3.8, 4) is 10.6 Å². The van der Waals surface area contributed by atoms with Crippen LogP contribution < -0.4 is 5.32 Å². The van der Waals surface area contributed by atoms with Gasteiger partial charge in [-0.25, -0.2) is 4.98 Å². The molecule has 0 saturated carbocycles. The van der Waals surface area contributed by atoms with E-state index >= 15 is 0 Å². The summed E-state index contributed by atoms with van der Waals surface area (Å²) >= 11 is 0.856. The molecule has 152 valence electrons. The van der Waals surface area contributed by atoms with E-state index in [1.807, 2.05) is 0 Å². The quantitative estimate of drug-likeness (QED) is 0.488. The van der Waals surface area contributed by atoms with Crippen molar-refractivity contribution >= 4 is 22.9 Å². The fourth-order valence-corrected chi connectivity index (χ4v) is 3.48. The summed E-state index contributed by atoms with van der Waals surface area (Å²) in [4.78, 5) is 16.7. The van der Waals surface area contributed by atoms with Crippen molar-refractivity contribution in [3.63, 3.8) is 0 Å². The van der Waals surface area contributed by atoms with Gasteiger partial charge in [-0.05, 0) is 37.3 Å². The van der Waals surface area contributed by atoms with Crippen molar-refractivity contribution in [3.05, 3.63) is 70.2 Å². The van der Waals surface area contributed by atoms with E-state index in [4.69, 9.17) is 0 Å². The number of rotatable bonds is 3. The monoisotopic (exact) mass is 430 g/mol. The summed E-state index contributed by atoms with van der Waals surface area (Å²) in [6.07, 6.45) is -9.08. The van der Waals surface area contributed by atoms with Gasteiger partial charge in [-0.2, -0.15) is 26.3 Å². The molecular weight excluding hydrogens is 418 g/mol. The molecule has 0 saturated heterocycles. The lowest BCUT2D eigenvalue weighted by atomic mass is 10.1. The highest BCUT2D eigenvalue weighted by molar-refractivity contribution is 7.17. The van der Waals surface area contributed by atoms with Crippen molar-refractivity contribution in [2.45, 2.75) is 19.3 Å². The van der Waals surface area contributed by atoms with Gasteiger partial charge >= 0.3 is 12.4 Å². The number of aromatic nitrogens is 1. The van der Waals surface area contributed by atoms with Gasteiger partial charge in [0.1, 0.15) is 9.88 Å². The number of anilines is 1. The van der Waals surface area contributed by atoms with E-state index in [0.717, 1.165) is 41.7 Å². The zero-order valence-corrected chi connectivity index (χ0v) is 15.5. The molecule has 0 radical (unpaired) electrons. The Morgan fingerprint density at radius 3 is 2.14 bits per heavy atom. The number of hydrogen-bond donors (Lipinski definition) is 1. The maximum Gasteiger partial charge on any atom is 0.416 e. The van der Waals surface area contributed by atoms with E-state index in [9.17, 15) is 31.1 Å². The Bertz CT molecular complexity index is 1060. The molecule has 0 aliphatic heterocycles. The second kappa shape index (κ2) is 7.51. The zero-order chi connectivity index (χ0) is 21.4. The van der Waals surface area contributed by atoms with Gasteiger partial charge in [0, 0.05) is 11.3 Å². The van der Waals surface area contributed by atoms with Crippen molar-refractivity contribution in [1.82, 2.24) is 4.98 Å². The van der Waals surface area contributed by atoms with Crippen LogP contribution in [0.5, 0.6) is 0 Å². The second-order valence-corrected chi connectivity index (χ2v) is 7.04. The minimum absolute atomic E-state index is 0.0572. The van der Waals surface area contributed by atoms with Gasteiger partial charge in [0.15, 0.2) is 0 Å². The molecule has 1 aromatic heterocycles. The SMILES string of the molecule is Cc1nc(-c2cccc(C(F)(F)F)c2)sc1C(=O)Nc1cccc(C(F)(F)F)c1. The Kier molecular flexibility index (Phi) is 5.40. The number of thiazole rings is 1. The maximum atomic E-state index is 12.9. The Labute approximate surface area is 165 Å². The van der Waals surface area contributed by atoms with Crippen LogP contribution in [-0.2, 0) is 12.4 Å². The average molecular weight is 430 g/mol. The van der Waals surface area contributed by atoms with Crippen LogP contribution in [-0.4, -0.2) is 10.9 Å². The molecule has 0 aliphatic rings. The molecule has 3 nitrogen and oxygen atoms in total. The Balaban J connectivity index is 1.87. The van der Waals surface area contributed by atoms with Crippen LogP contribution in [0.15, 0.2) is 48.5 Å². The van der Waals surface area contributed by atoms with E-state index in [1.54, 1.807) is 0 Å². The predicted octanol–water partition coefficient (Wildman–Crippen LogP) is 6.41. The lowest BCUT2D eigenvalue weighted by molar-refractivity contribution is -0.138. The Morgan fingerprint density at radius 1 is 0.931 bits per heavy atom. The number of halogens is 6. The molecule has 0 atom stereocenters. The first-order chi connectivity index (χ1) is 13.4. The number of hydrogen-bond acceptors (Lipinski definition) is 3. The second-order valence-electron chi connectivity index (χ2n) is 6.04. The van der Waals surface area contributed by atoms with Gasteiger partial charge in [0.25, 0.3) is 5.91 Å². The fraction of sp³-hybridized carbons (Fsp3) is 0.158. The van der Waals surface area contributed by atoms with Crippen LogP contribution >= 0.6 is 11.3 Å². The van der Waals surface area contributed by atoms with Crippen LogP contribution in [0.3, 0.4) is 0 Å². The molecule has 0 bridgehead atoms. The van der Waals surface area contributed by atoms with Gasteiger partial charge in [-0.3, -0.25) is 4.79 Å². The third-order valence-corrected chi connectivity index (χ3v) is 5.09. The van der Waals surface area contributed by atoms with E-state index in [0.29, 0.717) is 0 Å². The molecule has 0 spiro atoms. The van der Waals surface area contributed by atoms with Gasteiger partial charge in [0.2, 0.25) is 0 Å². The number of benzene rings is 2. The van der Waals surface area contributed by atoms with Gasteiger partial charge < -0.3 is 5.32 Å². The van der Waals surface area contributed by atoms with Crippen molar-refractivity contribution in [1.29, 1.82) is 0 Å². The average Bonchev–Trinajstić information content (AvgIpc) is 3.02. The molecule has 29 heavy (non-hydrogen) atoms. The number of nitrogens with zero attached hydrogens (tertiary/aromatic N) is 1. The number of carbonyl (C=O) groups is 1. The topological polar surface area (TPSA) is 42.0 Å². The molecule has 0 unspecified atom stereocenters. The molecule has 1 N–H and O–H groups in total. The predicted molar refractivity (Wildman–Crippen MR) is 96.7 cm³/mol. The molecule has 0 fully saturated rings. The summed E-state index contributed by atoms with van der Waals surface area (Å²) in [5, 5.41) is 2.56. The highest BCUT2D eigenvalue weighted by atomic mass is 32.1. The van der Waals surface area contributed by atoms with Crippen LogP contribution in [0.2, 0.25) is 0 Å². The normalized spacial score (nSPS) is 12.1. The lowest BCUT2D eigenvalue weighted by Crippen LogP contribution is -2.13. The lowest BCUT2D eigenvalue weighted by Gasteiger charge is -2.09. The molecule has 3 aromatic rings. The summed E-state index contributed by atoms with van der Waals surface area (Å²) in [5.74, 6) is -0.697. The summed E-state index contributed by atoms with van der Waals surface area (Å²) in [7, 11) is 0.